The zero-order chi connectivity index (χ0) is 13.2. The smallest absolute Gasteiger partial charge is 0.345 e. The van der Waals surface area contributed by atoms with E-state index in [0.29, 0.717) is 11.5 Å². The van der Waals surface area contributed by atoms with Gasteiger partial charge in [-0.15, -0.1) is 11.3 Å². The van der Waals surface area contributed by atoms with E-state index in [1.807, 2.05) is 30.3 Å². The Balaban J connectivity index is 1.87. The number of carboxylic acids is 1. The molecule has 1 aromatic heterocycles. The summed E-state index contributed by atoms with van der Waals surface area (Å²) < 4.78 is 5.70. The van der Waals surface area contributed by atoms with Crippen molar-refractivity contribution in [2.75, 3.05) is 18.1 Å². The lowest BCUT2D eigenvalue weighted by molar-refractivity contribution is 0.0702. The van der Waals surface area contributed by atoms with Crippen molar-refractivity contribution < 1.29 is 14.6 Å². The van der Waals surface area contributed by atoms with Crippen molar-refractivity contribution in [1.82, 2.24) is 0 Å². The fourth-order valence-corrected chi connectivity index (χ4v) is 3.00. The molecule has 1 aliphatic heterocycles. The lowest BCUT2D eigenvalue weighted by Crippen LogP contribution is -2.24. The SMILES string of the molecule is O=C(O)c1ccc(N2CCOc3ccccc3C2)s1. The van der Waals surface area contributed by atoms with Crippen LogP contribution in [-0.4, -0.2) is 24.2 Å². The summed E-state index contributed by atoms with van der Waals surface area (Å²) in [6.45, 7) is 2.11. The minimum Gasteiger partial charge on any atom is -0.491 e. The molecule has 0 saturated carbocycles. The monoisotopic (exact) mass is 275 g/mol. The molecule has 3 rings (SSSR count). The van der Waals surface area contributed by atoms with Crippen LogP contribution in [0.2, 0.25) is 0 Å². The predicted molar refractivity (Wildman–Crippen MR) is 74.3 cm³/mol. The summed E-state index contributed by atoms with van der Waals surface area (Å²) in [6.07, 6.45) is 0. The Morgan fingerprint density at radius 2 is 2.11 bits per heavy atom. The van der Waals surface area contributed by atoms with Crippen LogP contribution in [0.5, 0.6) is 5.75 Å². The van der Waals surface area contributed by atoms with Crippen molar-refractivity contribution in [2.45, 2.75) is 6.54 Å². The highest BCUT2D eigenvalue weighted by Crippen LogP contribution is 2.30. The van der Waals surface area contributed by atoms with Gasteiger partial charge < -0.3 is 14.7 Å². The molecule has 1 aromatic carbocycles. The number of hydrogen-bond acceptors (Lipinski definition) is 4. The van der Waals surface area contributed by atoms with Gasteiger partial charge in [-0.1, -0.05) is 18.2 Å². The maximum Gasteiger partial charge on any atom is 0.345 e. The van der Waals surface area contributed by atoms with Crippen LogP contribution in [0.3, 0.4) is 0 Å². The van der Waals surface area contributed by atoms with Gasteiger partial charge in [-0.05, 0) is 18.2 Å². The topological polar surface area (TPSA) is 49.8 Å². The average molecular weight is 275 g/mol. The molecule has 98 valence electrons. The maximum absolute atomic E-state index is 10.9. The third kappa shape index (κ3) is 2.42. The predicted octanol–water partition coefficient (Wildman–Crippen LogP) is 2.85. The molecule has 5 heteroatoms. The first-order valence-corrected chi connectivity index (χ1v) is 6.84. The van der Waals surface area contributed by atoms with E-state index in [1.54, 1.807) is 6.07 Å². The Morgan fingerprint density at radius 1 is 1.26 bits per heavy atom. The summed E-state index contributed by atoms with van der Waals surface area (Å²) in [4.78, 5) is 13.5. The first-order valence-electron chi connectivity index (χ1n) is 6.03. The largest absolute Gasteiger partial charge is 0.491 e. The summed E-state index contributed by atoms with van der Waals surface area (Å²) in [5.74, 6) is 0.0442. The normalized spacial score (nSPS) is 14.4. The van der Waals surface area contributed by atoms with Gasteiger partial charge in [0.05, 0.1) is 11.5 Å². The van der Waals surface area contributed by atoms with Crippen LogP contribution in [0, 0.1) is 0 Å². The van der Waals surface area contributed by atoms with E-state index in [4.69, 9.17) is 9.84 Å². The Bertz CT molecular complexity index is 608. The van der Waals surface area contributed by atoms with Crippen LogP contribution < -0.4 is 9.64 Å². The number of carboxylic acid groups (broad SMARTS) is 1. The second-order valence-electron chi connectivity index (χ2n) is 4.32. The number of rotatable bonds is 2. The number of thiophene rings is 1. The molecule has 0 atom stereocenters. The minimum atomic E-state index is -0.872. The Labute approximate surface area is 114 Å². The molecule has 0 fully saturated rings. The van der Waals surface area contributed by atoms with Crippen molar-refractivity contribution in [3.8, 4) is 5.75 Å². The van der Waals surface area contributed by atoms with Gasteiger partial charge in [0.2, 0.25) is 0 Å². The van der Waals surface area contributed by atoms with Crippen LogP contribution in [0.15, 0.2) is 36.4 Å². The van der Waals surface area contributed by atoms with E-state index in [9.17, 15) is 4.79 Å². The first-order chi connectivity index (χ1) is 9.24. The van der Waals surface area contributed by atoms with Crippen molar-refractivity contribution in [1.29, 1.82) is 0 Å². The molecule has 2 heterocycles. The number of anilines is 1. The van der Waals surface area contributed by atoms with Gasteiger partial charge in [0.15, 0.2) is 0 Å². The van der Waals surface area contributed by atoms with Crippen molar-refractivity contribution in [2.24, 2.45) is 0 Å². The summed E-state index contributed by atoms with van der Waals surface area (Å²) >= 11 is 1.30. The first kappa shape index (κ1) is 12.0. The van der Waals surface area contributed by atoms with Gasteiger partial charge in [0.25, 0.3) is 0 Å². The van der Waals surface area contributed by atoms with Crippen LogP contribution in [0.4, 0.5) is 5.00 Å². The number of fused-ring (bicyclic) bond motifs is 1. The second kappa shape index (κ2) is 4.93. The Morgan fingerprint density at radius 3 is 2.89 bits per heavy atom. The zero-order valence-electron chi connectivity index (χ0n) is 10.2. The van der Waals surface area contributed by atoms with Gasteiger partial charge in [0, 0.05) is 12.1 Å². The molecule has 0 spiro atoms. The van der Waals surface area contributed by atoms with Crippen LogP contribution in [0.1, 0.15) is 15.2 Å². The van der Waals surface area contributed by atoms with Crippen molar-refractivity contribution >= 4 is 22.3 Å². The van der Waals surface area contributed by atoms with E-state index >= 15 is 0 Å². The molecule has 19 heavy (non-hydrogen) atoms. The van der Waals surface area contributed by atoms with Gasteiger partial charge in [-0.2, -0.15) is 0 Å². The zero-order valence-corrected chi connectivity index (χ0v) is 11.0. The highest BCUT2D eigenvalue weighted by Gasteiger charge is 2.17. The third-order valence-corrected chi connectivity index (χ3v) is 4.20. The van der Waals surface area contributed by atoms with Crippen LogP contribution in [-0.2, 0) is 6.54 Å². The molecular weight excluding hydrogens is 262 g/mol. The number of hydrogen-bond donors (Lipinski definition) is 1. The van der Waals surface area contributed by atoms with E-state index in [1.165, 1.54) is 11.3 Å². The molecule has 0 unspecified atom stereocenters. The number of para-hydroxylation sites is 1. The van der Waals surface area contributed by atoms with E-state index < -0.39 is 5.97 Å². The third-order valence-electron chi connectivity index (χ3n) is 3.07. The fourth-order valence-electron chi connectivity index (χ4n) is 2.13. The highest BCUT2D eigenvalue weighted by molar-refractivity contribution is 7.17. The van der Waals surface area contributed by atoms with Crippen molar-refractivity contribution in [3.63, 3.8) is 0 Å². The number of benzene rings is 1. The van der Waals surface area contributed by atoms with Gasteiger partial charge in [0.1, 0.15) is 17.2 Å². The summed E-state index contributed by atoms with van der Waals surface area (Å²) in [5.41, 5.74) is 1.13. The van der Waals surface area contributed by atoms with Gasteiger partial charge in [-0.25, -0.2) is 4.79 Å². The minimum absolute atomic E-state index is 0.369. The molecule has 4 nitrogen and oxygen atoms in total. The standard InChI is InChI=1S/C14H13NO3S/c16-14(17)12-5-6-13(19-12)15-7-8-18-11-4-2-1-3-10(11)9-15/h1-6H,7-9H2,(H,16,17). The molecular formula is C14H13NO3S. The van der Waals surface area contributed by atoms with E-state index in [2.05, 4.69) is 4.90 Å². The number of carbonyl (C=O) groups is 1. The van der Waals surface area contributed by atoms with Crippen LogP contribution >= 0.6 is 11.3 Å². The number of ether oxygens (including phenoxy) is 1. The summed E-state index contributed by atoms with van der Waals surface area (Å²) in [5, 5.41) is 9.95. The Hall–Kier alpha value is -2.01. The quantitative estimate of drug-likeness (QED) is 0.915. The second-order valence-corrected chi connectivity index (χ2v) is 5.38. The summed E-state index contributed by atoms with van der Waals surface area (Å²) in [7, 11) is 0. The number of nitrogens with zero attached hydrogens (tertiary/aromatic N) is 1. The lowest BCUT2D eigenvalue weighted by atomic mass is 10.2. The van der Waals surface area contributed by atoms with Gasteiger partial charge >= 0.3 is 5.97 Å². The number of aromatic carboxylic acids is 1. The average Bonchev–Trinajstić information content (AvgIpc) is 2.80. The molecule has 0 radical (unpaired) electrons. The van der Waals surface area contributed by atoms with Crippen molar-refractivity contribution in [3.05, 3.63) is 46.8 Å². The molecule has 0 aliphatic carbocycles. The molecule has 1 aliphatic rings. The lowest BCUT2D eigenvalue weighted by Gasteiger charge is -2.19. The molecule has 0 saturated heterocycles. The summed E-state index contributed by atoms with van der Waals surface area (Å²) in [6, 6.07) is 11.5. The molecule has 0 bridgehead atoms. The Kier molecular flexibility index (Phi) is 3.13. The van der Waals surface area contributed by atoms with E-state index in [0.717, 1.165) is 29.4 Å². The van der Waals surface area contributed by atoms with Crippen LogP contribution in [0.25, 0.3) is 0 Å². The molecule has 1 N–H and O–H groups in total. The maximum atomic E-state index is 10.9. The highest BCUT2D eigenvalue weighted by atomic mass is 32.1. The molecule has 2 aromatic rings. The van der Waals surface area contributed by atoms with Gasteiger partial charge in [-0.3, -0.25) is 0 Å². The fraction of sp³-hybridized carbons (Fsp3) is 0.214. The molecule has 0 amide bonds. The van der Waals surface area contributed by atoms with E-state index in [-0.39, 0.29) is 0 Å².